The molecule has 27 heavy (non-hydrogen) atoms. The topological polar surface area (TPSA) is 98.8 Å². The first kappa shape index (κ1) is 16.6. The van der Waals surface area contributed by atoms with Crippen molar-refractivity contribution < 1.29 is 19.2 Å². The summed E-state index contributed by atoms with van der Waals surface area (Å²) in [5, 5.41) is 5.52. The Bertz CT molecular complexity index is 884. The lowest BCUT2D eigenvalue weighted by Gasteiger charge is -2.56. The molecule has 3 saturated heterocycles. The normalized spacial score (nSPS) is 26.7. The summed E-state index contributed by atoms with van der Waals surface area (Å²) in [7, 11) is 0. The predicted octanol–water partition coefficient (Wildman–Crippen LogP) is -0.507. The summed E-state index contributed by atoms with van der Waals surface area (Å²) in [5.41, 5.74) is 2.10. The van der Waals surface area contributed by atoms with Gasteiger partial charge in [0.1, 0.15) is 6.04 Å². The zero-order valence-corrected chi connectivity index (χ0v) is 14.8. The van der Waals surface area contributed by atoms with Crippen LogP contribution < -0.4 is 10.6 Å². The lowest BCUT2D eigenvalue weighted by atomic mass is 9.74. The largest absolute Gasteiger partial charge is 0.315 e. The fourth-order valence-corrected chi connectivity index (χ4v) is 4.59. The zero-order chi connectivity index (χ0) is 18.8. The van der Waals surface area contributed by atoms with Crippen molar-refractivity contribution in [3.05, 3.63) is 34.9 Å². The van der Waals surface area contributed by atoms with Crippen molar-refractivity contribution in [1.82, 2.24) is 20.4 Å². The number of imide groups is 2. The number of carbonyl (C=O) groups is 4. The van der Waals surface area contributed by atoms with E-state index in [1.807, 2.05) is 6.07 Å². The molecule has 4 aliphatic rings. The summed E-state index contributed by atoms with van der Waals surface area (Å²) >= 11 is 0. The molecule has 0 aromatic heterocycles. The van der Waals surface area contributed by atoms with E-state index in [0.717, 1.165) is 43.2 Å². The van der Waals surface area contributed by atoms with Crippen LogP contribution in [0.4, 0.5) is 0 Å². The number of hydrogen-bond donors (Lipinski definition) is 2. The summed E-state index contributed by atoms with van der Waals surface area (Å²) < 4.78 is 0. The Morgan fingerprint density at radius 1 is 1.04 bits per heavy atom. The highest BCUT2D eigenvalue weighted by Crippen LogP contribution is 2.35. The average Bonchev–Trinajstić information content (AvgIpc) is 2.80. The molecule has 8 nitrogen and oxygen atoms in total. The molecule has 1 aromatic rings. The number of rotatable bonds is 3. The Morgan fingerprint density at radius 3 is 2.44 bits per heavy atom. The van der Waals surface area contributed by atoms with Gasteiger partial charge in [-0.1, -0.05) is 6.07 Å². The minimum absolute atomic E-state index is 0.126. The van der Waals surface area contributed by atoms with Gasteiger partial charge < -0.3 is 5.32 Å². The van der Waals surface area contributed by atoms with Crippen molar-refractivity contribution in [1.29, 1.82) is 0 Å². The first-order valence-corrected chi connectivity index (χ1v) is 9.23. The second kappa shape index (κ2) is 5.71. The van der Waals surface area contributed by atoms with E-state index in [1.165, 1.54) is 0 Å². The van der Waals surface area contributed by atoms with Gasteiger partial charge in [-0.05, 0) is 24.1 Å². The number of fused-ring (bicyclic) bond motifs is 1. The number of benzene rings is 1. The lowest BCUT2D eigenvalue weighted by Crippen LogP contribution is -2.70. The van der Waals surface area contributed by atoms with Gasteiger partial charge in [0.2, 0.25) is 11.8 Å². The Hall–Kier alpha value is -2.58. The minimum atomic E-state index is -0.917. The first-order chi connectivity index (χ1) is 13.0. The molecule has 4 aliphatic heterocycles. The maximum absolute atomic E-state index is 12.8. The van der Waals surface area contributed by atoms with Crippen LogP contribution in [0.1, 0.15) is 39.1 Å². The molecule has 4 heterocycles. The number of piperidine rings is 1. The smallest absolute Gasteiger partial charge is 0.262 e. The summed E-state index contributed by atoms with van der Waals surface area (Å²) in [6.45, 7) is 4.98. The number of nitrogens with zero attached hydrogens (tertiary/aromatic N) is 2. The molecule has 1 atom stereocenters. The predicted molar refractivity (Wildman–Crippen MR) is 93.7 cm³/mol. The van der Waals surface area contributed by atoms with E-state index in [4.69, 9.17) is 0 Å². The quantitative estimate of drug-likeness (QED) is 0.698. The second-order valence-electron chi connectivity index (χ2n) is 8.08. The van der Waals surface area contributed by atoms with Gasteiger partial charge in [0.15, 0.2) is 0 Å². The van der Waals surface area contributed by atoms with Crippen LogP contribution in [0.15, 0.2) is 18.2 Å². The van der Waals surface area contributed by atoms with Crippen LogP contribution in [0.5, 0.6) is 0 Å². The van der Waals surface area contributed by atoms with Crippen molar-refractivity contribution in [2.24, 2.45) is 5.41 Å². The van der Waals surface area contributed by atoms with Crippen LogP contribution in [-0.2, 0) is 16.1 Å². The van der Waals surface area contributed by atoms with Crippen LogP contribution in [-0.4, -0.2) is 65.6 Å². The van der Waals surface area contributed by atoms with Gasteiger partial charge in [-0.3, -0.25) is 34.3 Å². The SMILES string of the molecule is O=C1CCC(N2C(=O)c3ccc(CN4CC5(CNC5)C4)cc3C2=O)C(=O)N1. The van der Waals surface area contributed by atoms with Crippen LogP contribution in [0, 0.1) is 5.41 Å². The fourth-order valence-electron chi connectivity index (χ4n) is 4.59. The summed E-state index contributed by atoms with van der Waals surface area (Å²) in [6, 6.07) is 4.41. The number of likely N-dealkylation sites (tertiary alicyclic amines) is 1. The summed E-state index contributed by atoms with van der Waals surface area (Å²) in [5.74, 6) is -1.86. The summed E-state index contributed by atoms with van der Waals surface area (Å²) in [4.78, 5) is 52.3. The van der Waals surface area contributed by atoms with Crippen molar-refractivity contribution in [3.63, 3.8) is 0 Å². The van der Waals surface area contributed by atoms with E-state index < -0.39 is 23.8 Å². The highest BCUT2D eigenvalue weighted by molar-refractivity contribution is 6.23. The van der Waals surface area contributed by atoms with Crippen LogP contribution in [0.3, 0.4) is 0 Å². The molecule has 3 fully saturated rings. The van der Waals surface area contributed by atoms with E-state index in [9.17, 15) is 19.2 Å². The molecule has 0 bridgehead atoms. The van der Waals surface area contributed by atoms with Crippen LogP contribution in [0.25, 0.3) is 0 Å². The molecule has 0 aliphatic carbocycles. The maximum Gasteiger partial charge on any atom is 0.262 e. The minimum Gasteiger partial charge on any atom is -0.315 e. The summed E-state index contributed by atoms with van der Waals surface area (Å²) in [6.07, 6.45) is 0.299. The Kier molecular flexibility index (Phi) is 3.50. The monoisotopic (exact) mass is 368 g/mol. The first-order valence-electron chi connectivity index (χ1n) is 9.23. The zero-order valence-electron chi connectivity index (χ0n) is 14.8. The van der Waals surface area contributed by atoms with Gasteiger partial charge in [0, 0.05) is 44.6 Å². The molecule has 2 N–H and O–H groups in total. The maximum atomic E-state index is 12.8. The van der Waals surface area contributed by atoms with E-state index in [-0.39, 0.29) is 18.7 Å². The molecule has 0 saturated carbocycles. The molecule has 8 heteroatoms. The number of hydrogen-bond acceptors (Lipinski definition) is 6. The van der Waals surface area contributed by atoms with Crippen molar-refractivity contribution in [2.75, 3.05) is 26.2 Å². The molecule has 140 valence electrons. The molecule has 1 spiro atoms. The average molecular weight is 368 g/mol. The molecule has 5 rings (SSSR count). The molecule has 4 amide bonds. The van der Waals surface area contributed by atoms with Gasteiger partial charge >= 0.3 is 0 Å². The Labute approximate surface area is 155 Å². The van der Waals surface area contributed by atoms with Crippen molar-refractivity contribution in [3.8, 4) is 0 Å². The third-order valence-corrected chi connectivity index (χ3v) is 6.03. The fraction of sp³-hybridized carbons (Fsp3) is 0.474. The van der Waals surface area contributed by atoms with E-state index in [2.05, 4.69) is 15.5 Å². The number of carbonyl (C=O) groups excluding carboxylic acids is 4. The van der Waals surface area contributed by atoms with Crippen LogP contribution in [0.2, 0.25) is 0 Å². The third-order valence-electron chi connectivity index (χ3n) is 6.03. The highest BCUT2D eigenvalue weighted by Gasteiger charge is 2.47. The molecular weight excluding hydrogens is 348 g/mol. The molecule has 0 radical (unpaired) electrons. The second-order valence-corrected chi connectivity index (χ2v) is 8.08. The number of amides is 4. The van der Waals surface area contributed by atoms with E-state index in [0.29, 0.717) is 16.5 Å². The van der Waals surface area contributed by atoms with Crippen molar-refractivity contribution >= 4 is 23.6 Å². The van der Waals surface area contributed by atoms with Gasteiger partial charge in [-0.15, -0.1) is 0 Å². The van der Waals surface area contributed by atoms with Gasteiger partial charge in [0.25, 0.3) is 11.8 Å². The Morgan fingerprint density at radius 2 is 1.78 bits per heavy atom. The van der Waals surface area contributed by atoms with Crippen LogP contribution >= 0.6 is 0 Å². The molecule has 1 unspecified atom stereocenters. The lowest BCUT2D eigenvalue weighted by molar-refractivity contribution is -0.136. The third kappa shape index (κ3) is 2.51. The molecular formula is C19H20N4O4. The standard InChI is InChI=1S/C19H20N4O4/c24-15-4-3-14(16(25)21-15)23-17(26)12-2-1-11(5-13(12)18(23)27)6-22-9-19(10-22)7-20-8-19/h1-2,5,14,20H,3-4,6-10H2,(H,21,24,25). The van der Waals surface area contributed by atoms with Gasteiger partial charge in [-0.25, -0.2) is 0 Å². The molecule has 1 aromatic carbocycles. The Balaban J connectivity index is 1.33. The van der Waals surface area contributed by atoms with Gasteiger partial charge in [-0.2, -0.15) is 0 Å². The van der Waals surface area contributed by atoms with E-state index >= 15 is 0 Å². The number of nitrogens with one attached hydrogen (secondary N) is 2. The highest BCUT2D eigenvalue weighted by atomic mass is 16.2. The van der Waals surface area contributed by atoms with E-state index in [1.54, 1.807) is 12.1 Å². The van der Waals surface area contributed by atoms with Gasteiger partial charge in [0.05, 0.1) is 11.1 Å². The van der Waals surface area contributed by atoms with Crippen molar-refractivity contribution in [2.45, 2.75) is 25.4 Å².